The average molecular weight is 329 g/mol. The maximum Gasteiger partial charge on any atom is 0.387 e. The van der Waals surface area contributed by atoms with Gasteiger partial charge in [0.05, 0.1) is 27.8 Å². The molecule has 21 heavy (non-hydrogen) atoms. The zero-order valence-corrected chi connectivity index (χ0v) is 12.1. The van der Waals surface area contributed by atoms with E-state index in [4.69, 9.17) is 0 Å². The fourth-order valence-corrected chi connectivity index (χ4v) is 3.48. The number of hydrogen-bond donors (Lipinski definition) is 1. The standard InChI is InChI=1S/C12H9F2N3O2S2/c13-11(14)19-10-2-1-3-15-9(10)6-21(18)12-16-7-4-20-5-8(7)17-12/h1-5,11H,6H2,(H,16,17). The molecule has 5 nitrogen and oxygen atoms in total. The van der Waals surface area contributed by atoms with E-state index >= 15 is 0 Å². The second kappa shape index (κ2) is 5.86. The Hall–Kier alpha value is -1.87. The van der Waals surface area contributed by atoms with E-state index in [2.05, 4.69) is 19.7 Å². The average Bonchev–Trinajstić information content (AvgIpc) is 3.01. The van der Waals surface area contributed by atoms with E-state index < -0.39 is 17.4 Å². The zero-order chi connectivity index (χ0) is 14.8. The van der Waals surface area contributed by atoms with Crippen LogP contribution in [0, 0.1) is 0 Å². The van der Waals surface area contributed by atoms with Crippen molar-refractivity contribution in [2.75, 3.05) is 0 Å². The molecule has 110 valence electrons. The second-order valence-electron chi connectivity index (χ2n) is 4.03. The maximum atomic E-state index is 12.3. The quantitative estimate of drug-likeness (QED) is 0.781. The first-order chi connectivity index (χ1) is 10.1. The third kappa shape index (κ3) is 3.08. The molecule has 3 aromatic heterocycles. The Balaban J connectivity index is 1.82. The second-order valence-corrected chi connectivity index (χ2v) is 6.14. The molecule has 0 spiro atoms. The molecule has 0 aliphatic heterocycles. The number of aromatic amines is 1. The molecule has 0 aliphatic rings. The third-order valence-electron chi connectivity index (χ3n) is 2.65. The van der Waals surface area contributed by atoms with Crippen LogP contribution in [-0.4, -0.2) is 25.8 Å². The van der Waals surface area contributed by atoms with Crippen molar-refractivity contribution in [3.05, 3.63) is 34.8 Å². The van der Waals surface area contributed by atoms with Crippen LogP contribution in [0.3, 0.4) is 0 Å². The van der Waals surface area contributed by atoms with Crippen LogP contribution in [-0.2, 0) is 16.6 Å². The van der Waals surface area contributed by atoms with Crippen LogP contribution < -0.4 is 4.74 Å². The highest BCUT2D eigenvalue weighted by Gasteiger charge is 2.16. The highest BCUT2D eigenvalue weighted by Crippen LogP contribution is 2.22. The molecule has 0 bridgehead atoms. The van der Waals surface area contributed by atoms with Crippen LogP contribution in [0.4, 0.5) is 8.78 Å². The summed E-state index contributed by atoms with van der Waals surface area (Å²) < 4.78 is 41.3. The summed E-state index contributed by atoms with van der Waals surface area (Å²) in [6.45, 7) is -2.95. The molecule has 3 rings (SSSR count). The lowest BCUT2D eigenvalue weighted by Gasteiger charge is -2.08. The fourth-order valence-electron chi connectivity index (χ4n) is 1.76. The molecule has 9 heteroatoms. The number of hydrogen-bond acceptors (Lipinski definition) is 5. The van der Waals surface area contributed by atoms with Crippen LogP contribution in [0.25, 0.3) is 11.0 Å². The number of fused-ring (bicyclic) bond motifs is 1. The summed E-state index contributed by atoms with van der Waals surface area (Å²) in [6, 6.07) is 2.85. The predicted molar refractivity (Wildman–Crippen MR) is 75.0 cm³/mol. The van der Waals surface area contributed by atoms with Gasteiger partial charge in [-0.05, 0) is 12.1 Å². The lowest BCUT2D eigenvalue weighted by Crippen LogP contribution is -2.08. The van der Waals surface area contributed by atoms with Gasteiger partial charge in [0, 0.05) is 17.0 Å². The van der Waals surface area contributed by atoms with E-state index in [1.165, 1.54) is 29.7 Å². The van der Waals surface area contributed by atoms with Gasteiger partial charge in [0.1, 0.15) is 11.3 Å². The summed E-state index contributed by atoms with van der Waals surface area (Å²) in [5.74, 6) is -0.128. The van der Waals surface area contributed by atoms with Crippen molar-refractivity contribution in [1.29, 1.82) is 0 Å². The highest BCUT2D eigenvalue weighted by molar-refractivity contribution is 7.84. The molecule has 1 unspecified atom stereocenters. The van der Waals surface area contributed by atoms with Gasteiger partial charge >= 0.3 is 6.61 Å². The Kier molecular flexibility index (Phi) is 3.93. The summed E-state index contributed by atoms with van der Waals surface area (Å²) in [6.07, 6.45) is 1.44. The van der Waals surface area contributed by atoms with Gasteiger partial charge in [-0.3, -0.25) is 9.19 Å². The van der Waals surface area contributed by atoms with E-state index in [1.807, 2.05) is 10.8 Å². The number of ether oxygens (including phenoxy) is 1. The van der Waals surface area contributed by atoms with E-state index in [9.17, 15) is 13.0 Å². The normalized spacial score (nSPS) is 12.9. The van der Waals surface area contributed by atoms with Crippen molar-refractivity contribution >= 4 is 33.2 Å². The molecule has 1 atom stereocenters. The fraction of sp³-hybridized carbons (Fsp3) is 0.167. The minimum Gasteiger partial charge on any atom is -0.433 e. The number of aromatic nitrogens is 3. The first kappa shape index (κ1) is 14.1. The lowest BCUT2D eigenvalue weighted by atomic mass is 10.3. The number of H-pyrrole nitrogens is 1. The topological polar surface area (TPSA) is 67.9 Å². The summed E-state index contributed by atoms with van der Waals surface area (Å²) >= 11 is 1.48. The van der Waals surface area contributed by atoms with Gasteiger partial charge in [0.2, 0.25) is 0 Å². The molecule has 0 aromatic carbocycles. The monoisotopic (exact) mass is 329 g/mol. The lowest BCUT2D eigenvalue weighted by molar-refractivity contribution is -0.0506. The minimum absolute atomic E-state index is 0.0531. The van der Waals surface area contributed by atoms with E-state index in [1.54, 1.807) is 0 Å². The number of thiophene rings is 1. The first-order valence-electron chi connectivity index (χ1n) is 5.82. The zero-order valence-electron chi connectivity index (χ0n) is 10.5. The minimum atomic E-state index is -2.95. The largest absolute Gasteiger partial charge is 0.433 e. The van der Waals surface area contributed by atoms with Gasteiger partial charge in [-0.15, -0.1) is 11.3 Å². The Morgan fingerprint density at radius 3 is 3.05 bits per heavy atom. The summed E-state index contributed by atoms with van der Waals surface area (Å²) in [4.78, 5) is 11.1. The van der Waals surface area contributed by atoms with Crippen molar-refractivity contribution in [2.24, 2.45) is 0 Å². The number of imidazole rings is 1. The molecule has 1 N–H and O–H groups in total. The van der Waals surface area contributed by atoms with Crippen LogP contribution >= 0.6 is 11.3 Å². The van der Waals surface area contributed by atoms with Crippen LogP contribution in [0.5, 0.6) is 5.75 Å². The molecule has 0 saturated carbocycles. The molecule has 0 saturated heterocycles. The van der Waals surface area contributed by atoms with Gasteiger partial charge < -0.3 is 9.72 Å². The van der Waals surface area contributed by atoms with Gasteiger partial charge in [-0.25, -0.2) is 4.98 Å². The highest BCUT2D eigenvalue weighted by atomic mass is 32.2. The van der Waals surface area contributed by atoms with Crippen LogP contribution in [0.1, 0.15) is 5.69 Å². The van der Waals surface area contributed by atoms with Gasteiger partial charge in [0.15, 0.2) is 5.16 Å². The molecular weight excluding hydrogens is 320 g/mol. The Morgan fingerprint density at radius 1 is 1.43 bits per heavy atom. The maximum absolute atomic E-state index is 12.3. The molecule has 0 radical (unpaired) electrons. The van der Waals surface area contributed by atoms with Crippen molar-refractivity contribution in [1.82, 2.24) is 15.0 Å². The van der Waals surface area contributed by atoms with Crippen molar-refractivity contribution < 1.29 is 17.7 Å². The Morgan fingerprint density at radius 2 is 2.29 bits per heavy atom. The van der Waals surface area contributed by atoms with Crippen molar-refractivity contribution in [2.45, 2.75) is 17.5 Å². The number of halogens is 2. The summed E-state index contributed by atoms with van der Waals surface area (Å²) in [7, 11) is -1.52. The van der Waals surface area contributed by atoms with Crippen LogP contribution in [0.2, 0.25) is 0 Å². The number of rotatable bonds is 5. The Bertz CT molecular complexity index is 759. The molecule has 0 fully saturated rings. The number of nitrogens with one attached hydrogen (secondary N) is 1. The van der Waals surface area contributed by atoms with E-state index in [0.717, 1.165) is 11.0 Å². The van der Waals surface area contributed by atoms with Crippen molar-refractivity contribution in [3.8, 4) is 5.75 Å². The summed E-state index contributed by atoms with van der Waals surface area (Å²) in [5, 5.41) is 3.98. The van der Waals surface area contributed by atoms with E-state index in [-0.39, 0.29) is 17.2 Å². The molecule has 0 amide bonds. The van der Waals surface area contributed by atoms with Gasteiger partial charge in [-0.2, -0.15) is 8.78 Å². The third-order valence-corrected chi connectivity index (χ3v) is 4.54. The van der Waals surface area contributed by atoms with Crippen molar-refractivity contribution in [3.63, 3.8) is 0 Å². The number of pyridine rings is 1. The molecule has 3 aromatic rings. The first-order valence-corrected chi connectivity index (χ1v) is 8.08. The molecule has 0 aliphatic carbocycles. The molecule has 3 heterocycles. The van der Waals surface area contributed by atoms with Crippen LogP contribution in [0.15, 0.2) is 34.2 Å². The number of nitrogens with zero attached hydrogens (tertiary/aromatic N) is 2. The molecular formula is C12H9F2N3O2S2. The van der Waals surface area contributed by atoms with Gasteiger partial charge in [-0.1, -0.05) is 0 Å². The Labute approximate surface area is 124 Å². The van der Waals surface area contributed by atoms with E-state index in [0.29, 0.717) is 5.16 Å². The summed E-state index contributed by atoms with van der Waals surface area (Å²) in [5.41, 5.74) is 1.73. The van der Waals surface area contributed by atoms with Gasteiger partial charge in [0.25, 0.3) is 0 Å². The SMILES string of the molecule is O=S(Cc1ncccc1OC(F)F)c1nc2cscc2[nH]1. The smallest absolute Gasteiger partial charge is 0.387 e. The predicted octanol–water partition coefficient (Wildman–Crippen LogP) is 2.93. The number of alkyl halides is 2.